The van der Waals surface area contributed by atoms with Gasteiger partial charge in [0, 0.05) is 12.7 Å². The second-order valence-electron chi connectivity index (χ2n) is 7.84. The molecule has 0 bridgehead atoms. The Morgan fingerprint density at radius 3 is 2.74 bits per heavy atom. The quantitative estimate of drug-likeness (QED) is 0.549. The van der Waals surface area contributed by atoms with Crippen LogP contribution in [0.15, 0.2) is 55.3 Å². The lowest BCUT2D eigenvalue weighted by Gasteiger charge is -2.24. The normalized spacial score (nSPS) is 13.7. The lowest BCUT2D eigenvalue weighted by Crippen LogP contribution is -3.12. The first-order valence-electron chi connectivity index (χ1n) is 9.99. The summed E-state index contributed by atoms with van der Waals surface area (Å²) in [5.41, 5.74) is 2.18. The average molecular weight is 374 g/mol. The number of halogens is 1. The van der Waals surface area contributed by atoms with E-state index in [0.29, 0.717) is 12.5 Å². The zero-order chi connectivity index (χ0) is 19.6. The molecule has 4 heteroatoms. The van der Waals surface area contributed by atoms with Gasteiger partial charge in [-0.2, -0.15) is 0 Å². The van der Waals surface area contributed by atoms with Crippen molar-refractivity contribution in [1.29, 1.82) is 0 Å². The van der Waals surface area contributed by atoms with Gasteiger partial charge in [-0.15, -0.1) is 6.58 Å². The predicted octanol–water partition coefficient (Wildman–Crippen LogP) is 3.43. The molecule has 1 unspecified atom stereocenters. The highest BCUT2D eigenvalue weighted by Gasteiger charge is 2.17. The molecule has 1 aromatic carbocycles. The minimum atomic E-state index is -0.309. The molecule has 0 spiro atoms. The maximum Gasteiger partial charge on any atom is 0.123 e. The summed E-state index contributed by atoms with van der Waals surface area (Å²) in [5, 5.41) is 10.4. The molecule has 1 heterocycles. The molecule has 1 aromatic heterocycles. The van der Waals surface area contributed by atoms with E-state index in [-0.39, 0.29) is 11.9 Å². The summed E-state index contributed by atoms with van der Waals surface area (Å²) in [7, 11) is 0. The molecule has 27 heavy (non-hydrogen) atoms. The van der Waals surface area contributed by atoms with Crippen LogP contribution in [0.1, 0.15) is 44.4 Å². The van der Waals surface area contributed by atoms with Crippen molar-refractivity contribution in [2.45, 2.75) is 52.3 Å². The van der Waals surface area contributed by atoms with Crippen molar-refractivity contribution in [3.8, 4) is 0 Å². The van der Waals surface area contributed by atoms with Crippen LogP contribution in [-0.4, -0.2) is 28.9 Å². The highest BCUT2D eigenvalue weighted by atomic mass is 19.1. The second-order valence-corrected chi connectivity index (χ2v) is 7.84. The highest BCUT2D eigenvalue weighted by Crippen LogP contribution is 2.09. The number of hydrogen-bond donors (Lipinski definition) is 2. The van der Waals surface area contributed by atoms with Crippen molar-refractivity contribution in [2.75, 3.05) is 13.1 Å². The van der Waals surface area contributed by atoms with Crippen LogP contribution in [0.3, 0.4) is 0 Å². The number of aromatic nitrogens is 1. The average Bonchev–Trinajstić information content (AvgIpc) is 3.04. The van der Waals surface area contributed by atoms with Crippen LogP contribution < -0.4 is 4.90 Å². The van der Waals surface area contributed by atoms with Gasteiger partial charge in [0.15, 0.2) is 0 Å². The summed E-state index contributed by atoms with van der Waals surface area (Å²) in [4.78, 5) is 1.39. The number of aliphatic hydroxyl groups excluding tert-OH is 1. The summed E-state index contributed by atoms with van der Waals surface area (Å²) in [6.45, 7) is 11.5. The first-order valence-corrected chi connectivity index (χ1v) is 9.99. The molecule has 0 saturated heterocycles. The third-order valence-electron chi connectivity index (χ3n) is 4.90. The minimum absolute atomic E-state index is 0.198. The van der Waals surface area contributed by atoms with Crippen molar-refractivity contribution in [3.05, 3.63) is 72.3 Å². The van der Waals surface area contributed by atoms with Gasteiger partial charge in [-0.3, -0.25) is 0 Å². The van der Waals surface area contributed by atoms with E-state index in [1.165, 1.54) is 16.7 Å². The fraction of sp³-hybridized carbons (Fsp3) is 0.478. The number of rotatable bonds is 12. The predicted molar refractivity (Wildman–Crippen MR) is 109 cm³/mol. The molecule has 0 fully saturated rings. The lowest BCUT2D eigenvalue weighted by atomic mass is 10.1. The molecule has 2 N–H and O–H groups in total. The van der Waals surface area contributed by atoms with Gasteiger partial charge in [-0.1, -0.05) is 32.1 Å². The molecule has 2 aromatic rings. The van der Waals surface area contributed by atoms with Crippen molar-refractivity contribution >= 4 is 0 Å². The number of nitrogens with one attached hydrogen (secondary N) is 1. The minimum Gasteiger partial charge on any atom is -0.387 e. The Morgan fingerprint density at radius 2 is 2.04 bits per heavy atom. The number of allylic oxidation sites excluding steroid dienone is 1. The zero-order valence-electron chi connectivity index (χ0n) is 16.7. The van der Waals surface area contributed by atoms with Crippen LogP contribution in [0, 0.1) is 11.7 Å². The zero-order valence-corrected chi connectivity index (χ0v) is 16.7. The molecule has 2 atom stereocenters. The largest absolute Gasteiger partial charge is 0.387 e. The van der Waals surface area contributed by atoms with Gasteiger partial charge >= 0.3 is 0 Å². The Balaban J connectivity index is 2.05. The van der Waals surface area contributed by atoms with Crippen LogP contribution in [0.25, 0.3) is 0 Å². The maximum atomic E-state index is 13.5. The van der Waals surface area contributed by atoms with Gasteiger partial charge in [0.05, 0.1) is 12.2 Å². The molecule has 0 saturated carbocycles. The number of benzene rings is 1. The summed E-state index contributed by atoms with van der Waals surface area (Å²) < 4.78 is 15.7. The summed E-state index contributed by atoms with van der Waals surface area (Å²) in [6, 6.07) is 10.9. The molecule has 0 radical (unpaired) electrons. The highest BCUT2D eigenvalue weighted by molar-refractivity contribution is 5.18. The van der Waals surface area contributed by atoms with Crippen LogP contribution in [0.4, 0.5) is 4.39 Å². The van der Waals surface area contributed by atoms with E-state index in [1.54, 1.807) is 12.1 Å². The van der Waals surface area contributed by atoms with Gasteiger partial charge in [0.1, 0.15) is 25.0 Å². The van der Waals surface area contributed by atoms with E-state index in [4.69, 9.17) is 0 Å². The summed E-state index contributed by atoms with van der Waals surface area (Å²) in [6.07, 6.45) is 6.34. The number of nitrogens with zero attached hydrogens (tertiary/aromatic N) is 1. The molecule has 148 valence electrons. The van der Waals surface area contributed by atoms with E-state index >= 15 is 0 Å². The van der Waals surface area contributed by atoms with Crippen LogP contribution in [0.2, 0.25) is 0 Å². The van der Waals surface area contributed by atoms with Crippen molar-refractivity contribution in [2.24, 2.45) is 5.92 Å². The Morgan fingerprint density at radius 1 is 1.22 bits per heavy atom. The van der Waals surface area contributed by atoms with Gasteiger partial charge < -0.3 is 14.6 Å². The SMILES string of the molecule is C=CCC[C@@H](O)C[NH+](CCC(C)C)Cc1cccn1Cc1cccc(F)c1. The number of hydrogen-bond acceptors (Lipinski definition) is 1. The summed E-state index contributed by atoms with van der Waals surface area (Å²) in [5.74, 6) is 0.445. The standard InChI is InChI=1S/C23H33FN2O/c1-4-5-11-23(27)18-25(14-12-19(2)3)17-22-10-7-13-26(22)16-20-8-6-9-21(24)15-20/h4,6-10,13,15,19,23,27H,1,5,11-12,14,16-18H2,2-3H3/p+1/t23-/m1/s1. The molecule has 0 amide bonds. The van der Waals surface area contributed by atoms with Crippen molar-refractivity contribution in [1.82, 2.24) is 4.57 Å². The lowest BCUT2D eigenvalue weighted by molar-refractivity contribution is -0.917. The van der Waals surface area contributed by atoms with Crippen molar-refractivity contribution in [3.63, 3.8) is 0 Å². The van der Waals surface area contributed by atoms with E-state index in [1.807, 2.05) is 18.2 Å². The third-order valence-corrected chi connectivity index (χ3v) is 4.90. The first-order chi connectivity index (χ1) is 13.0. The monoisotopic (exact) mass is 373 g/mol. The fourth-order valence-corrected chi connectivity index (χ4v) is 3.35. The maximum absolute atomic E-state index is 13.5. The van der Waals surface area contributed by atoms with Gasteiger partial charge in [-0.25, -0.2) is 4.39 Å². The van der Waals surface area contributed by atoms with Gasteiger partial charge in [0.25, 0.3) is 0 Å². The fourth-order valence-electron chi connectivity index (χ4n) is 3.35. The molecule has 0 aliphatic heterocycles. The number of aliphatic hydroxyl groups is 1. The Hall–Kier alpha value is -1.91. The van der Waals surface area contributed by atoms with Crippen LogP contribution >= 0.6 is 0 Å². The van der Waals surface area contributed by atoms with E-state index in [2.05, 4.69) is 37.3 Å². The van der Waals surface area contributed by atoms with E-state index in [0.717, 1.165) is 44.5 Å². The van der Waals surface area contributed by atoms with Crippen LogP contribution in [-0.2, 0) is 13.1 Å². The number of quaternary nitrogens is 1. The molecule has 0 aliphatic carbocycles. The van der Waals surface area contributed by atoms with E-state index < -0.39 is 0 Å². The Labute approximate surface area is 163 Å². The van der Waals surface area contributed by atoms with Gasteiger partial charge in [0.2, 0.25) is 0 Å². The first kappa shape index (κ1) is 21.4. The molecular weight excluding hydrogens is 339 g/mol. The molecular formula is C23H34FN2O+. The van der Waals surface area contributed by atoms with E-state index in [9.17, 15) is 9.50 Å². The van der Waals surface area contributed by atoms with Crippen LogP contribution in [0.5, 0.6) is 0 Å². The third kappa shape index (κ3) is 7.69. The Bertz CT molecular complexity index is 695. The molecule has 2 rings (SSSR count). The van der Waals surface area contributed by atoms with Crippen molar-refractivity contribution < 1.29 is 14.4 Å². The van der Waals surface area contributed by atoms with Gasteiger partial charge in [-0.05, 0) is 55.0 Å². The smallest absolute Gasteiger partial charge is 0.123 e. The second kappa shape index (κ2) is 11.1. The summed E-state index contributed by atoms with van der Waals surface area (Å²) >= 11 is 0. The molecule has 3 nitrogen and oxygen atoms in total. The Kier molecular flexibility index (Phi) is 8.76. The topological polar surface area (TPSA) is 29.6 Å². The molecule has 0 aliphatic rings.